The van der Waals surface area contributed by atoms with E-state index in [1.807, 2.05) is 131 Å². The third-order valence-electron chi connectivity index (χ3n) is 23.5. The zero-order valence-electron chi connectivity index (χ0n) is 74.6. The lowest BCUT2D eigenvalue weighted by atomic mass is 10.0. The van der Waals surface area contributed by atoms with Crippen LogP contribution in [0.25, 0.3) is 22.6 Å². The third kappa shape index (κ3) is 22.4. The van der Waals surface area contributed by atoms with Crippen molar-refractivity contribution >= 4 is 162 Å². The number of pyridine rings is 7. The van der Waals surface area contributed by atoms with E-state index in [4.69, 9.17) is 62.2 Å². The average molecular weight is 1890 g/mol. The van der Waals surface area contributed by atoms with Crippen LogP contribution in [0.3, 0.4) is 0 Å². The van der Waals surface area contributed by atoms with Crippen LogP contribution >= 0.6 is 46.4 Å². The summed E-state index contributed by atoms with van der Waals surface area (Å²) in [6.07, 6.45) is 26.7. The van der Waals surface area contributed by atoms with Gasteiger partial charge in [0.05, 0.1) is 58.6 Å². The topological polar surface area (TPSA) is 443 Å². The second-order valence-electron chi connectivity index (χ2n) is 32.8. The number of alkyl halides is 1. The molecule has 4 aliphatic rings. The van der Waals surface area contributed by atoms with Crippen LogP contribution in [0.4, 0.5) is 97.5 Å². The number of hydrogen-bond acceptors (Lipinski definition) is 34. The van der Waals surface area contributed by atoms with Gasteiger partial charge in [0, 0.05) is 172 Å². The standard InChI is InChI=1S/C24H24ClN9.C23H22ClFN10.C23H26ClN9.C22H21ClN10/c1-15-16(2)34-14-19(4-6-22(34)29-15)31-24-28-13-20(25)23(32-24)30-18-7-9-33(10-8-18)21-5-3-17(11-26)12-27-21;1-14(25)22-33-32-20-10-17(6-9-35(20)22)30-23-28-13-18(24)21(31-23)29-16-4-7-34(8-5-16)19-3-2-15(11-26)12-27-19;1-14-4-5-20(31-30-14)32-9-6-17(7-10-32)27-21-18(24)13-26-23(29-21)28-19-8-11-33-15(2)12-25-22(33)16(19)3;1-14-27-20-10-17(6-9-33(20)31-14)29-22-26-13-18(23)21(30-22)28-16-4-7-32(8-5-16)19-3-2-15(11-24)12-25-19/h3-6,12-14,18H,7-10H2,1-2H3,(H2,28,30,31,32);2-3,6,9-10,12-14,16H,4-5,7-8H2,1H3,(H2,28,29,30,31);4-5,8,11-13,17H,6-7,9-10H2,1-3H3,(H2,26,27,28,29);2-3,6,9-10,12-13,16H,4-5,7-8H2,1H3,(H2,26,28,29,30). The Hall–Kier alpha value is -15.4. The van der Waals surface area contributed by atoms with Gasteiger partial charge in [-0.3, -0.25) is 4.40 Å². The number of nitrogens with zero attached hydrogens (tertiary/aromatic N) is 30. The number of rotatable bonds is 21. The molecule has 0 aliphatic carbocycles. The van der Waals surface area contributed by atoms with Crippen molar-refractivity contribution in [2.75, 3.05) is 114 Å². The zero-order valence-corrected chi connectivity index (χ0v) is 77.6. The monoisotopic (exact) mass is 1890 g/mol. The third-order valence-corrected chi connectivity index (χ3v) is 24.6. The van der Waals surface area contributed by atoms with Crippen LogP contribution in [0.15, 0.2) is 165 Å². The van der Waals surface area contributed by atoms with E-state index in [9.17, 15) is 4.39 Å². The summed E-state index contributed by atoms with van der Waals surface area (Å²) >= 11 is 25.5. The van der Waals surface area contributed by atoms with Gasteiger partial charge in [0.1, 0.15) is 72.9 Å². The van der Waals surface area contributed by atoms with Crippen LogP contribution in [0.2, 0.25) is 20.1 Å². The van der Waals surface area contributed by atoms with E-state index >= 15 is 0 Å². The Balaban J connectivity index is 0.000000125. The number of imidazole rings is 2. The molecule has 135 heavy (non-hydrogen) atoms. The van der Waals surface area contributed by atoms with Gasteiger partial charge in [0.2, 0.25) is 23.8 Å². The van der Waals surface area contributed by atoms with Crippen molar-refractivity contribution in [3.8, 4) is 18.2 Å². The predicted molar refractivity (Wildman–Crippen MR) is 520 cm³/mol. The number of anilines is 16. The van der Waals surface area contributed by atoms with Gasteiger partial charge in [0.25, 0.3) is 0 Å². The molecule has 1 atom stereocenters. The van der Waals surface area contributed by atoms with E-state index in [1.54, 1.807) is 88.8 Å². The molecule has 4 aliphatic heterocycles. The van der Waals surface area contributed by atoms with Crippen molar-refractivity contribution in [2.45, 2.75) is 130 Å². The van der Waals surface area contributed by atoms with E-state index in [0.717, 1.165) is 189 Å². The molecule has 0 spiro atoms. The fourth-order valence-electron chi connectivity index (χ4n) is 16.0. The molecule has 16 aromatic rings. The normalized spacial score (nSPS) is 14.6. The SMILES string of the molecule is CC(F)c1nnc2cc(Nc3ncc(Cl)c(NC4CCN(c5ccc(C#N)cn5)CC4)n3)ccn12.Cc1ccc(N2CCC(Nc3nc(Nc4ccn5c(C)cnc5c4C)ncc3Cl)CC2)nn1.Cc1nc2cc(Nc3ncc(Cl)c(NC4CCN(c5ccc(C#N)cn5)CC4)n3)ccn2n1.Cc1nc2ccc(Nc3ncc(Cl)c(NC4CCN(c5ccc(C#N)cn5)CC4)n3)cn2c1C. The number of nitriles is 3. The molecule has 38 nitrogen and oxygen atoms in total. The summed E-state index contributed by atoms with van der Waals surface area (Å²) < 4.78 is 21.1. The molecule has 4 saturated heterocycles. The molecule has 0 aromatic carbocycles. The van der Waals surface area contributed by atoms with Crippen molar-refractivity contribution in [2.24, 2.45) is 0 Å². The molecule has 686 valence electrons. The highest BCUT2D eigenvalue weighted by Gasteiger charge is 2.28. The average Bonchev–Trinajstić information content (AvgIpc) is 1.68. The van der Waals surface area contributed by atoms with E-state index in [2.05, 4.69) is 180 Å². The number of aromatic nitrogens is 23. The first-order chi connectivity index (χ1) is 65.5. The molecule has 1 unspecified atom stereocenters. The minimum Gasteiger partial charge on any atom is -0.366 e. The lowest BCUT2D eigenvalue weighted by Gasteiger charge is -2.33. The van der Waals surface area contributed by atoms with Crippen LogP contribution in [0.1, 0.15) is 121 Å². The van der Waals surface area contributed by atoms with Gasteiger partial charge in [-0.1, -0.05) is 46.4 Å². The maximum Gasteiger partial charge on any atom is 0.229 e. The van der Waals surface area contributed by atoms with Gasteiger partial charge < -0.3 is 70.9 Å². The summed E-state index contributed by atoms with van der Waals surface area (Å²) in [6, 6.07) is 35.5. The molecular weight excluding hydrogens is 1800 g/mol. The van der Waals surface area contributed by atoms with Crippen molar-refractivity contribution in [3.05, 3.63) is 242 Å². The molecule has 20 heterocycles. The molecule has 43 heteroatoms. The Kier molecular flexibility index (Phi) is 28.2. The Morgan fingerprint density at radius 3 is 1.26 bits per heavy atom. The lowest BCUT2D eigenvalue weighted by Crippen LogP contribution is -2.39. The molecule has 8 N–H and O–H groups in total. The highest BCUT2D eigenvalue weighted by atomic mass is 35.5. The van der Waals surface area contributed by atoms with Crippen LogP contribution in [-0.4, -0.2) is 190 Å². The van der Waals surface area contributed by atoms with Crippen LogP contribution < -0.4 is 62.1 Å². The van der Waals surface area contributed by atoms with E-state index < -0.39 is 6.17 Å². The van der Waals surface area contributed by atoms with Crippen molar-refractivity contribution < 1.29 is 4.39 Å². The quantitative estimate of drug-likeness (QED) is 0.0331. The molecule has 0 radical (unpaired) electrons. The van der Waals surface area contributed by atoms with Crippen LogP contribution in [0.5, 0.6) is 0 Å². The minimum atomic E-state index is -1.22. The number of halogens is 5. The van der Waals surface area contributed by atoms with Gasteiger partial charge in [-0.25, -0.2) is 58.7 Å². The van der Waals surface area contributed by atoms with Gasteiger partial charge >= 0.3 is 0 Å². The zero-order chi connectivity index (χ0) is 93.8. The number of fused-ring (bicyclic) bond motifs is 4. The van der Waals surface area contributed by atoms with Crippen molar-refractivity contribution in [3.63, 3.8) is 0 Å². The molecular formula is C92H93Cl4FN38. The van der Waals surface area contributed by atoms with Crippen LogP contribution in [-0.2, 0) is 0 Å². The van der Waals surface area contributed by atoms with Gasteiger partial charge in [-0.2, -0.15) is 45.9 Å². The molecule has 0 amide bonds. The predicted octanol–water partition coefficient (Wildman–Crippen LogP) is 16.7. The Bertz CT molecular complexity index is 7010. The number of aryl methyl sites for hydroxylation is 6. The summed E-state index contributed by atoms with van der Waals surface area (Å²) in [5, 5.41) is 76.2. The van der Waals surface area contributed by atoms with Crippen LogP contribution in [0, 0.1) is 75.5 Å². The largest absolute Gasteiger partial charge is 0.366 e. The number of piperidine rings is 4. The molecule has 0 bridgehead atoms. The van der Waals surface area contributed by atoms with E-state index in [-0.39, 0.29) is 30.0 Å². The smallest absolute Gasteiger partial charge is 0.229 e. The number of nitrogens with one attached hydrogen (secondary N) is 8. The van der Waals surface area contributed by atoms with Gasteiger partial charge in [-0.05, 0) is 179 Å². The highest BCUT2D eigenvalue weighted by Crippen LogP contribution is 2.34. The van der Waals surface area contributed by atoms with E-state index in [0.29, 0.717) is 101 Å². The van der Waals surface area contributed by atoms with Gasteiger partial charge in [-0.15, -0.1) is 15.3 Å². The first kappa shape index (κ1) is 91.5. The maximum absolute atomic E-state index is 13.7. The summed E-state index contributed by atoms with van der Waals surface area (Å²) in [7, 11) is 0. The van der Waals surface area contributed by atoms with Crippen molar-refractivity contribution in [1.82, 2.24) is 113 Å². The number of hydrogen-bond donors (Lipinski definition) is 8. The fourth-order valence-corrected chi connectivity index (χ4v) is 16.6. The molecule has 16 aromatic heterocycles. The molecule has 0 saturated carbocycles. The lowest BCUT2D eigenvalue weighted by molar-refractivity contribution is 0.354. The molecule has 20 rings (SSSR count). The minimum absolute atomic E-state index is 0.193. The summed E-state index contributed by atoms with van der Waals surface area (Å²) in [6.45, 7) is 20.2. The second-order valence-corrected chi connectivity index (χ2v) is 34.5. The Labute approximate surface area is 795 Å². The second kappa shape index (κ2) is 41.6. The first-order valence-corrected chi connectivity index (χ1v) is 45.4. The van der Waals surface area contributed by atoms with E-state index in [1.165, 1.54) is 6.92 Å². The fraction of sp³-hybridized carbons (Fsp3) is 0.304. The Morgan fingerprint density at radius 2 is 0.822 bits per heavy atom. The maximum atomic E-state index is 13.7. The summed E-state index contributed by atoms with van der Waals surface area (Å²) in [5.74, 6) is 8.72. The first-order valence-electron chi connectivity index (χ1n) is 43.9. The molecule has 4 fully saturated rings. The van der Waals surface area contributed by atoms with Crippen molar-refractivity contribution in [1.29, 1.82) is 15.8 Å². The highest BCUT2D eigenvalue weighted by molar-refractivity contribution is 6.34. The van der Waals surface area contributed by atoms with Gasteiger partial charge in [0.15, 0.2) is 52.4 Å². The summed E-state index contributed by atoms with van der Waals surface area (Å²) in [4.78, 5) is 71.2. The summed E-state index contributed by atoms with van der Waals surface area (Å²) in [5.41, 5.74) is 13.2. The Morgan fingerprint density at radius 1 is 0.393 bits per heavy atom.